The minimum atomic E-state index is -0.454. The SMILES string of the molecule is Cc1csc(NC(=O)CN(CCC(C)C)C(=O)C(c2ccccc2)c2ccccc2)n1. The second-order valence-corrected chi connectivity index (χ2v) is 8.90. The fraction of sp³-hybridized carbons (Fsp3) is 0.320. The van der Waals surface area contributed by atoms with Crippen molar-refractivity contribution in [2.24, 2.45) is 5.92 Å². The monoisotopic (exact) mass is 435 g/mol. The number of nitrogens with zero attached hydrogens (tertiary/aromatic N) is 2. The molecule has 0 radical (unpaired) electrons. The van der Waals surface area contributed by atoms with Crippen LogP contribution < -0.4 is 5.32 Å². The van der Waals surface area contributed by atoms with Crippen molar-refractivity contribution >= 4 is 28.3 Å². The Hall–Kier alpha value is -2.99. The number of carbonyl (C=O) groups is 2. The molecular formula is C25H29N3O2S. The Morgan fingerprint density at radius 1 is 1.00 bits per heavy atom. The molecule has 0 saturated heterocycles. The maximum atomic E-state index is 13.8. The largest absolute Gasteiger partial charge is 0.333 e. The predicted octanol–water partition coefficient (Wildman–Crippen LogP) is 5.10. The first kappa shape index (κ1) is 22.7. The topological polar surface area (TPSA) is 62.3 Å². The molecular weight excluding hydrogens is 406 g/mol. The van der Waals surface area contributed by atoms with Gasteiger partial charge in [0.15, 0.2) is 5.13 Å². The third kappa shape index (κ3) is 6.49. The van der Waals surface area contributed by atoms with Crippen molar-refractivity contribution in [1.82, 2.24) is 9.88 Å². The quantitative estimate of drug-likeness (QED) is 0.509. The van der Waals surface area contributed by atoms with Crippen LogP contribution in [0.4, 0.5) is 5.13 Å². The third-order valence-corrected chi connectivity index (χ3v) is 5.88. The van der Waals surface area contributed by atoms with E-state index in [1.165, 1.54) is 11.3 Å². The van der Waals surface area contributed by atoms with Gasteiger partial charge in [-0.3, -0.25) is 9.59 Å². The standard InChI is InChI=1S/C25H29N3O2S/c1-18(2)14-15-28(16-22(29)27-25-26-19(3)17-31-25)24(30)23(20-10-6-4-7-11-20)21-12-8-5-9-13-21/h4-13,17-18,23H,14-16H2,1-3H3,(H,26,27,29). The van der Waals surface area contributed by atoms with E-state index in [1.807, 2.05) is 73.0 Å². The summed E-state index contributed by atoms with van der Waals surface area (Å²) in [5.74, 6) is -0.328. The highest BCUT2D eigenvalue weighted by atomic mass is 32.1. The second kappa shape index (κ2) is 10.9. The first-order valence-corrected chi connectivity index (χ1v) is 11.4. The lowest BCUT2D eigenvalue weighted by molar-refractivity contribution is -0.135. The van der Waals surface area contributed by atoms with E-state index < -0.39 is 5.92 Å². The lowest BCUT2D eigenvalue weighted by Gasteiger charge is -2.28. The van der Waals surface area contributed by atoms with Crippen molar-refractivity contribution in [2.45, 2.75) is 33.1 Å². The maximum Gasteiger partial charge on any atom is 0.245 e. The fourth-order valence-electron chi connectivity index (χ4n) is 3.38. The van der Waals surface area contributed by atoms with Gasteiger partial charge in [-0.15, -0.1) is 11.3 Å². The predicted molar refractivity (Wildman–Crippen MR) is 126 cm³/mol. The van der Waals surface area contributed by atoms with Gasteiger partial charge in [-0.1, -0.05) is 74.5 Å². The lowest BCUT2D eigenvalue weighted by Crippen LogP contribution is -2.42. The van der Waals surface area contributed by atoms with Crippen molar-refractivity contribution in [2.75, 3.05) is 18.4 Å². The molecule has 0 aliphatic rings. The van der Waals surface area contributed by atoms with Gasteiger partial charge in [-0.25, -0.2) is 4.98 Å². The van der Waals surface area contributed by atoms with Crippen LogP contribution in [0.25, 0.3) is 0 Å². The van der Waals surface area contributed by atoms with E-state index in [0.717, 1.165) is 23.2 Å². The molecule has 1 aromatic heterocycles. The third-order valence-electron chi connectivity index (χ3n) is 5.00. The molecule has 0 saturated carbocycles. The molecule has 6 heteroatoms. The molecule has 162 valence electrons. The number of aromatic nitrogens is 1. The summed E-state index contributed by atoms with van der Waals surface area (Å²) in [6.07, 6.45) is 0.825. The number of anilines is 1. The van der Waals surface area contributed by atoms with E-state index in [9.17, 15) is 9.59 Å². The number of amides is 2. The van der Waals surface area contributed by atoms with Crippen LogP contribution in [0.5, 0.6) is 0 Å². The van der Waals surface area contributed by atoms with Gasteiger partial charge in [0.05, 0.1) is 18.2 Å². The van der Waals surface area contributed by atoms with Crippen LogP contribution in [0, 0.1) is 12.8 Å². The molecule has 0 aliphatic heterocycles. The normalized spacial score (nSPS) is 11.0. The van der Waals surface area contributed by atoms with E-state index >= 15 is 0 Å². The Labute approximate surface area is 188 Å². The van der Waals surface area contributed by atoms with Crippen LogP contribution in [-0.4, -0.2) is 34.8 Å². The Morgan fingerprint density at radius 3 is 2.06 bits per heavy atom. The molecule has 0 fully saturated rings. The molecule has 0 spiro atoms. The van der Waals surface area contributed by atoms with Gasteiger partial charge in [-0.2, -0.15) is 0 Å². The number of benzene rings is 2. The van der Waals surface area contributed by atoms with E-state index in [-0.39, 0.29) is 18.4 Å². The molecule has 1 heterocycles. The van der Waals surface area contributed by atoms with Crippen LogP contribution in [0.2, 0.25) is 0 Å². The smallest absolute Gasteiger partial charge is 0.245 e. The summed E-state index contributed by atoms with van der Waals surface area (Å²) in [5.41, 5.74) is 2.70. The summed E-state index contributed by atoms with van der Waals surface area (Å²) in [6, 6.07) is 19.5. The molecule has 31 heavy (non-hydrogen) atoms. The summed E-state index contributed by atoms with van der Waals surface area (Å²) in [7, 11) is 0. The fourth-order valence-corrected chi connectivity index (χ4v) is 4.08. The number of aryl methyl sites for hydroxylation is 1. The highest BCUT2D eigenvalue weighted by molar-refractivity contribution is 7.13. The maximum absolute atomic E-state index is 13.8. The Morgan fingerprint density at radius 2 is 1.58 bits per heavy atom. The second-order valence-electron chi connectivity index (χ2n) is 8.04. The van der Waals surface area contributed by atoms with Gasteiger partial charge in [0.25, 0.3) is 0 Å². The molecule has 2 amide bonds. The first-order chi connectivity index (χ1) is 14.9. The number of hydrogen-bond donors (Lipinski definition) is 1. The minimum absolute atomic E-state index is 0.000345. The van der Waals surface area contributed by atoms with Crippen molar-refractivity contribution < 1.29 is 9.59 Å². The van der Waals surface area contributed by atoms with E-state index in [0.29, 0.717) is 17.6 Å². The highest BCUT2D eigenvalue weighted by Crippen LogP contribution is 2.27. The first-order valence-electron chi connectivity index (χ1n) is 10.5. The lowest BCUT2D eigenvalue weighted by atomic mass is 9.90. The summed E-state index contributed by atoms with van der Waals surface area (Å²) in [4.78, 5) is 32.5. The zero-order chi connectivity index (χ0) is 22.2. The molecule has 0 bridgehead atoms. The Balaban J connectivity index is 1.86. The van der Waals surface area contributed by atoms with E-state index in [1.54, 1.807) is 4.90 Å². The van der Waals surface area contributed by atoms with Crippen LogP contribution in [0.15, 0.2) is 66.0 Å². The van der Waals surface area contributed by atoms with Crippen molar-refractivity contribution in [3.05, 3.63) is 82.9 Å². The number of thiazole rings is 1. The molecule has 3 aromatic rings. The number of carbonyl (C=O) groups excluding carboxylic acids is 2. The summed E-state index contributed by atoms with van der Waals surface area (Å²) < 4.78 is 0. The Kier molecular flexibility index (Phi) is 7.95. The molecule has 5 nitrogen and oxygen atoms in total. The van der Waals surface area contributed by atoms with Gasteiger partial charge < -0.3 is 10.2 Å². The average molecular weight is 436 g/mol. The molecule has 3 rings (SSSR count). The van der Waals surface area contributed by atoms with Crippen LogP contribution in [0.3, 0.4) is 0 Å². The van der Waals surface area contributed by atoms with Gasteiger partial charge >= 0.3 is 0 Å². The molecule has 0 atom stereocenters. The van der Waals surface area contributed by atoms with Crippen molar-refractivity contribution in [3.63, 3.8) is 0 Å². The Bertz CT molecular complexity index is 947. The number of nitrogens with one attached hydrogen (secondary N) is 1. The van der Waals surface area contributed by atoms with Crippen molar-refractivity contribution in [1.29, 1.82) is 0 Å². The summed E-state index contributed by atoms with van der Waals surface area (Å²) >= 11 is 1.39. The van der Waals surface area contributed by atoms with Crippen molar-refractivity contribution in [3.8, 4) is 0 Å². The van der Waals surface area contributed by atoms with Gasteiger partial charge in [0.1, 0.15) is 0 Å². The molecule has 0 aliphatic carbocycles. The van der Waals surface area contributed by atoms with Gasteiger partial charge in [-0.05, 0) is 30.4 Å². The van der Waals surface area contributed by atoms with Gasteiger partial charge in [0.2, 0.25) is 11.8 Å². The zero-order valence-corrected chi connectivity index (χ0v) is 19.1. The highest BCUT2D eigenvalue weighted by Gasteiger charge is 2.28. The van der Waals surface area contributed by atoms with Gasteiger partial charge in [0, 0.05) is 11.9 Å². The van der Waals surface area contributed by atoms with Crippen LogP contribution in [-0.2, 0) is 9.59 Å². The molecule has 1 N–H and O–H groups in total. The summed E-state index contributed by atoms with van der Waals surface area (Å²) in [6.45, 7) is 6.65. The zero-order valence-electron chi connectivity index (χ0n) is 18.2. The van der Waals surface area contributed by atoms with E-state index in [2.05, 4.69) is 24.1 Å². The molecule has 2 aromatic carbocycles. The van der Waals surface area contributed by atoms with Crippen LogP contribution in [0.1, 0.15) is 43.0 Å². The number of hydrogen-bond acceptors (Lipinski definition) is 4. The van der Waals surface area contributed by atoms with Crippen LogP contribution >= 0.6 is 11.3 Å². The summed E-state index contributed by atoms with van der Waals surface area (Å²) in [5, 5.41) is 5.27. The van der Waals surface area contributed by atoms with E-state index in [4.69, 9.17) is 0 Å². The minimum Gasteiger partial charge on any atom is -0.333 e. The average Bonchev–Trinajstić information content (AvgIpc) is 3.17. The molecule has 0 unspecified atom stereocenters. The number of rotatable bonds is 9.